The molecule has 0 bridgehead atoms. The minimum atomic E-state index is -1.14. The Morgan fingerprint density at radius 1 is 1.40 bits per heavy atom. The van der Waals surface area contributed by atoms with Crippen molar-refractivity contribution in [3.8, 4) is 5.95 Å². The second-order valence-electron chi connectivity index (χ2n) is 2.62. The van der Waals surface area contributed by atoms with E-state index >= 15 is 0 Å². The van der Waals surface area contributed by atoms with Crippen molar-refractivity contribution in [2.75, 3.05) is 0 Å². The van der Waals surface area contributed by atoms with E-state index in [0.29, 0.717) is 0 Å². The van der Waals surface area contributed by atoms with Crippen molar-refractivity contribution in [3.05, 3.63) is 35.4 Å². The van der Waals surface area contributed by atoms with Crippen LogP contribution in [0.3, 0.4) is 0 Å². The summed E-state index contributed by atoms with van der Waals surface area (Å²) >= 11 is 5.61. The monoisotopic (exact) mass is 224 g/mol. The first-order valence-corrected chi connectivity index (χ1v) is 4.32. The van der Waals surface area contributed by atoms with Crippen LogP contribution in [0.15, 0.2) is 24.5 Å². The molecule has 0 unspecified atom stereocenters. The molecule has 0 atom stereocenters. The van der Waals surface area contributed by atoms with Gasteiger partial charge in [-0.3, -0.25) is 0 Å². The lowest BCUT2D eigenvalue weighted by Crippen LogP contribution is -2.10. The fourth-order valence-electron chi connectivity index (χ4n) is 1.06. The number of carbonyl (C=O) groups is 1. The van der Waals surface area contributed by atoms with Crippen LogP contribution in [-0.4, -0.2) is 30.8 Å². The fourth-order valence-corrected chi connectivity index (χ4v) is 1.24. The van der Waals surface area contributed by atoms with Crippen molar-refractivity contribution < 1.29 is 9.90 Å². The molecule has 0 radical (unpaired) electrons. The lowest BCUT2D eigenvalue weighted by molar-refractivity contribution is 0.0686. The molecular weight excluding hydrogens is 220 g/mol. The summed E-state index contributed by atoms with van der Waals surface area (Å²) in [5.41, 5.74) is -0.0776. The molecule has 2 aromatic rings. The topological polar surface area (TPSA) is 80.9 Å². The van der Waals surface area contributed by atoms with Crippen LogP contribution in [0, 0.1) is 0 Å². The fraction of sp³-hybridized carbons (Fsp3) is 0. The molecule has 7 heteroatoms. The van der Waals surface area contributed by atoms with E-state index < -0.39 is 5.97 Å². The van der Waals surface area contributed by atoms with Crippen LogP contribution in [0.25, 0.3) is 5.95 Å². The molecule has 15 heavy (non-hydrogen) atoms. The molecule has 2 heterocycles. The van der Waals surface area contributed by atoms with Gasteiger partial charge in [0.15, 0.2) is 10.8 Å². The highest BCUT2D eigenvalue weighted by atomic mass is 35.5. The summed E-state index contributed by atoms with van der Waals surface area (Å²) in [6.45, 7) is 0. The number of carboxylic acid groups (broad SMARTS) is 1. The number of rotatable bonds is 2. The predicted molar refractivity (Wildman–Crippen MR) is 51.1 cm³/mol. The van der Waals surface area contributed by atoms with Gasteiger partial charge in [-0.15, -0.1) is 0 Å². The zero-order valence-corrected chi connectivity index (χ0v) is 8.09. The van der Waals surface area contributed by atoms with Gasteiger partial charge in [-0.2, -0.15) is 9.78 Å². The molecular formula is C8H5ClN4O2. The maximum atomic E-state index is 10.8. The number of nitrogens with zero attached hydrogens (tertiary/aromatic N) is 4. The van der Waals surface area contributed by atoms with Crippen molar-refractivity contribution >= 4 is 17.6 Å². The van der Waals surface area contributed by atoms with Gasteiger partial charge in [0.2, 0.25) is 0 Å². The number of aromatic carboxylic acids is 1. The van der Waals surface area contributed by atoms with Crippen molar-refractivity contribution in [1.82, 2.24) is 19.7 Å². The van der Waals surface area contributed by atoms with E-state index in [1.165, 1.54) is 18.5 Å². The standard InChI is InChI=1S/C8H5ClN4O2/c9-6-4-5(7(14)15)13(12-6)8-10-2-1-3-11-8/h1-4H,(H,14,15). The van der Waals surface area contributed by atoms with Crippen LogP contribution in [0.4, 0.5) is 0 Å². The summed E-state index contributed by atoms with van der Waals surface area (Å²) < 4.78 is 1.07. The van der Waals surface area contributed by atoms with Gasteiger partial charge in [0.25, 0.3) is 5.95 Å². The molecule has 76 valence electrons. The maximum absolute atomic E-state index is 10.8. The number of halogens is 1. The van der Waals surface area contributed by atoms with Crippen LogP contribution in [-0.2, 0) is 0 Å². The van der Waals surface area contributed by atoms with Crippen LogP contribution >= 0.6 is 11.6 Å². The van der Waals surface area contributed by atoms with E-state index in [-0.39, 0.29) is 16.8 Å². The first kappa shape index (κ1) is 9.60. The van der Waals surface area contributed by atoms with Crippen LogP contribution in [0.5, 0.6) is 0 Å². The van der Waals surface area contributed by atoms with Gasteiger partial charge < -0.3 is 5.11 Å². The Labute approximate surface area is 89.2 Å². The van der Waals surface area contributed by atoms with E-state index in [0.717, 1.165) is 4.68 Å². The maximum Gasteiger partial charge on any atom is 0.354 e. The number of hydrogen-bond acceptors (Lipinski definition) is 4. The average Bonchev–Trinajstić information content (AvgIpc) is 2.62. The van der Waals surface area contributed by atoms with Crippen LogP contribution in [0.1, 0.15) is 10.5 Å². The Morgan fingerprint density at radius 3 is 2.67 bits per heavy atom. The molecule has 2 aromatic heterocycles. The summed E-state index contributed by atoms with van der Waals surface area (Å²) in [6, 6.07) is 2.86. The van der Waals surface area contributed by atoms with E-state index in [4.69, 9.17) is 16.7 Å². The molecule has 1 N–H and O–H groups in total. The van der Waals surface area contributed by atoms with Crippen LogP contribution in [0.2, 0.25) is 5.15 Å². The van der Waals surface area contributed by atoms with E-state index in [1.807, 2.05) is 0 Å². The quantitative estimate of drug-likeness (QED) is 0.824. The Balaban J connectivity index is 2.58. The molecule has 0 amide bonds. The number of aromatic nitrogens is 4. The molecule has 0 aliphatic carbocycles. The summed E-state index contributed by atoms with van der Waals surface area (Å²) in [6.07, 6.45) is 2.98. The summed E-state index contributed by atoms with van der Waals surface area (Å²) in [4.78, 5) is 18.6. The highest BCUT2D eigenvalue weighted by Crippen LogP contribution is 2.12. The zero-order chi connectivity index (χ0) is 10.8. The van der Waals surface area contributed by atoms with Gasteiger partial charge in [-0.1, -0.05) is 11.6 Å². The van der Waals surface area contributed by atoms with Crippen molar-refractivity contribution in [2.45, 2.75) is 0 Å². The second-order valence-corrected chi connectivity index (χ2v) is 3.01. The van der Waals surface area contributed by atoms with Gasteiger partial charge in [0, 0.05) is 18.5 Å². The highest BCUT2D eigenvalue weighted by molar-refractivity contribution is 6.29. The molecule has 0 aromatic carbocycles. The number of carboxylic acids is 1. The Hall–Kier alpha value is -1.95. The van der Waals surface area contributed by atoms with Crippen molar-refractivity contribution in [3.63, 3.8) is 0 Å². The molecule has 2 rings (SSSR count). The Bertz CT molecular complexity index is 497. The molecule has 0 saturated heterocycles. The normalized spacial score (nSPS) is 10.2. The summed E-state index contributed by atoms with van der Waals surface area (Å²) in [7, 11) is 0. The second kappa shape index (κ2) is 3.66. The van der Waals surface area contributed by atoms with Gasteiger partial charge in [0.05, 0.1) is 0 Å². The van der Waals surface area contributed by atoms with E-state index in [2.05, 4.69) is 15.1 Å². The Kier molecular flexibility index (Phi) is 2.34. The predicted octanol–water partition coefficient (Wildman–Crippen LogP) is 1.01. The van der Waals surface area contributed by atoms with E-state index in [1.54, 1.807) is 6.07 Å². The van der Waals surface area contributed by atoms with Gasteiger partial charge in [-0.05, 0) is 6.07 Å². The van der Waals surface area contributed by atoms with Crippen molar-refractivity contribution in [2.24, 2.45) is 0 Å². The third kappa shape index (κ3) is 1.79. The molecule has 6 nitrogen and oxygen atoms in total. The summed E-state index contributed by atoms with van der Waals surface area (Å²) in [5, 5.41) is 12.7. The third-order valence-electron chi connectivity index (χ3n) is 1.64. The minimum Gasteiger partial charge on any atom is -0.477 e. The lowest BCUT2D eigenvalue weighted by Gasteiger charge is -1.99. The van der Waals surface area contributed by atoms with Gasteiger partial charge in [0.1, 0.15) is 0 Å². The first-order valence-electron chi connectivity index (χ1n) is 3.95. The van der Waals surface area contributed by atoms with E-state index in [9.17, 15) is 4.79 Å². The Morgan fingerprint density at radius 2 is 2.07 bits per heavy atom. The van der Waals surface area contributed by atoms with Gasteiger partial charge in [-0.25, -0.2) is 14.8 Å². The molecule has 0 aliphatic heterocycles. The van der Waals surface area contributed by atoms with Gasteiger partial charge >= 0.3 is 5.97 Å². The number of hydrogen-bond donors (Lipinski definition) is 1. The largest absolute Gasteiger partial charge is 0.477 e. The first-order chi connectivity index (χ1) is 7.18. The van der Waals surface area contributed by atoms with Crippen molar-refractivity contribution in [1.29, 1.82) is 0 Å². The molecule has 0 spiro atoms. The van der Waals surface area contributed by atoms with Crippen LogP contribution < -0.4 is 0 Å². The summed E-state index contributed by atoms with van der Waals surface area (Å²) in [5.74, 6) is -0.969. The highest BCUT2D eigenvalue weighted by Gasteiger charge is 2.15. The molecule has 0 fully saturated rings. The average molecular weight is 225 g/mol. The lowest BCUT2D eigenvalue weighted by atomic mass is 10.4. The SMILES string of the molecule is O=C(O)c1cc(Cl)nn1-c1ncccn1. The molecule has 0 saturated carbocycles. The minimum absolute atomic E-state index is 0.0776. The zero-order valence-electron chi connectivity index (χ0n) is 7.33. The molecule has 0 aliphatic rings. The third-order valence-corrected chi connectivity index (χ3v) is 1.82. The smallest absolute Gasteiger partial charge is 0.354 e.